The average Bonchev–Trinajstić information content (AvgIpc) is 3.39. The highest BCUT2D eigenvalue weighted by Crippen LogP contribution is 2.31. The molecule has 5 rings (SSSR count). The molecular formula is C30H23Cl2N3O. The fourth-order valence-electron chi connectivity index (χ4n) is 4.14. The van der Waals surface area contributed by atoms with Crippen molar-refractivity contribution in [2.45, 2.75) is 12.5 Å². The summed E-state index contributed by atoms with van der Waals surface area (Å²) >= 11 is 12.3. The molecule has 36 heavy (non-hydrogen) atoms. The minimum Gasteiger partial charge on any atom is -0.345 e. The summed E-state index contributed by atoms with van der Waals surface area (Å²) in [4.78, 5) is 13.2. The molecule has 0 radical (unpaired) electrons. The monoisotopic (exact) mass is 511 g/mol. The largest absolute Gasteiger partial charge is 0.345 e. The summed E-state index contributed by atoms with van der Waals surface area (Å²) in [5.41, 5.74) is 6.08. The summed E-state index contributed by atoms with van der Waals surface area (Å²) in [6.45, 7) is 0. The molecule has 1 amide bonds. The van der Waals surface area contributed by atoms with Crippen molar-refractivity contribution in [3.8, 4) is 22.5 Å². The number of rotatable bonds is 7. The predicted octanol–water partition coefficient (Wildman–Crippen LogP) is 7.76. The van der Waals surface area contributed by atoms with E-state index in [0.717, 1.165) is 33.6 Å². The molecule has 6 heteroatoms. The summed E-state index contributed by atoms with van der Waals surface area (Å²) in [5, 5.41) is 11.8. The molecule has 0 fully saturated rings. The Morgan fingerprint density at radius 1 is 0.833 bits per heavy atom. The van der Waals surface area contributed by atoms with Gasteiger partial charge in [0.15, 0.2) is 0 Å². The van der Waals surface area contributed by atoms with Gasteiger partial charge in [0.2, 0.25) is 0 Å². The molecule has 0 bridgehead atoms. The number of aromatic nitrogens is 2. The van der Waals surface area contributed by atoms with Crippen LogP contribution in [-0.2, 0) is 6.42 Å². The van der Waals surface area contributed by atoms with Crippen LogP contribution in [0.5, 0.6) is 0 Å². The summed E-state index contributed by atoms with van der Waals surface area (Å²) in [5.74, 6) is -0.123. The van der Waals surface area contributed by atoms with E-state index in [1.54, 1.807) is 12.1 Å². The van der Waals surface area contributed by atoms with Crippen molar-refractivity contribution in [1.82, 2.24) is 15.5 Å². The first-order valence-corrected chi connectivity index (χ1v) is 12.3. The molecule has 0 aliphatic heterocycles. The molecular weight excluding hydrogens is 489 g/mol. The highest BCUT2D eigenvalue weighted by Gasteiger charge is 2.17. The first-order valence-electron chi connectivity index (χ1n) is 11.6. The first kappa shape index (κ1) is 23.9. The zero-order valence-electron chi connectivity index (χ0n) is 19.3. The van der Waals surface area contributed by atoms with Crippen molar-refractivity contribution in [2.24, 2.45) is 0 Å². The lowest BCUT2D eigenvalue weighted by Crippen LogP contribution is -2.30. The fourth-order valence-corrected chi connectivity index (χ4v) is 4.65. The molecule has 1 heterocycles. The zero-order chi connectivity index (χ0) is 24.9. The van der Waals surface area contributed by atoms with E-state index in [1.807, 2.05) is 84.9 Å². The Bertz CT molecular complexity index is 1470. The normalized spacial score (nSPS) is 11.7. The Balaban J connectivity index is 1.33. The van der Waals surface area contributed by atoms with Crippen LogP contribution in [0.15, 0.2) is 109 Å². The van der Waals surface area contributed by atoms with Gasteiger partial charge in [-0.2, -0.15) is 5.10 Å². The smallest absolute Gasteiger partial charge is 0.251 e. The van der Waals surface area contributed by atoms with Crippen molar-refractivity contribution < 1.29 is 4.79 Å². The van der Waals surface area contributed by atoms with Crippen LogP contribution in [0.1, 0.15) is 27.5 Å². The van der Waals surface area contributed by atoms with Gasteiger partial charge in [-0.25, -0.2) is 0 Å². The van der Waals surface area contributed by atoms with Crippen molar-refractivity contribution in [3.05, 3.63) is 136 Å². The van der Waals surface area contributed by atoms with Crippen molar-refractivity contribution in [2.75, 3.05) is 0 Å². The molecule has 0 saturated carbocycles. The fraction of sp³-hybridized carbons (Fsp3) is 0.0667. The molecule has 4 nitrogen and oxygen atoms in total. The number of nitrogens with one attached hydrogen (secondary N) is 2. The number of carbonyl (C=O) groups is 1. The number of halogens is 2. The van der Waals surface area contributed by atoms with Gasteiger partial charge < -0.3 is 5.32 Å². The van der Waals surface area contributed by atoms with E-state index in [-0.39, 0.29) is 11.9 Å². The van der Waals surface area contributed by atoms with Gasteiger partial charge in [0.05, 0.1) is 22.5 Å². The Morgan fingerprint density at radius 3 is 2.22 bits per heavy atom. The van der Waals surface area contributed by atoms with Crippen molar-refractivity contribution in [1.29, 1.82) is 0 Å². The van der Waals surface area contributed by atoms with Crippen LogP contribution in [0, 0.1) is 0 Å². The Hall–Kier alpha value is -3.86. The van der Waals surface area contributed by atoms with Gasteiger partial charge in [-0.15, -0.1) is 0 Å². The Kier molecular flexibility index (Phi) is 7.17. The first-order chi connectivity index (χ1) is 17.6. The van der Waals surface area contributed by atoms with Gasteiger partial charge in [0.1, 0.15) is 0 Å². The molecule has 4 aromatic carbocycles. The summed E-state index contributed by atoms with van der Waals surface area (Å²) in [7, 11) is 0. The zero-order valence-corrected chi connectivity index (χ0v) is 20.8. The molecule has 0 spiro atoms. The second-order valence-corrected chi connectivity index (χ2v) is 9.34. The lowest BCUT2D eigenvalue weighted by molar-refractivity contribution is 0.0936. The molecule has 1 aromatic heterocycles. The quantitative estimate of drug-likeness (QED) is 0.234. The number of amides is 1. The van der Waals surface area contributed by atoms with Gasteiger partial charge in [-0.3, -0.25) is 9.89 Å². The summed E-state index contributed by atoms with van der Waals surface area (Å²) in [6, 6.07) is 34.8. The number of H-pyrrole nitrogens is 1. The minimum atomic E-state index is -0.140. The minimum absolute atomic E-state index is 0.123. The Labute approximate surface area is 219 Å². The third kappa shape index (κ3) is 5.51. The van der Waals surface area contributed by atoms with Gasteiger partial charge >= 0.3 is 0 Å². The number of hydrogen-bond acceptors (Lipinski definition) is 2. The van der Waals surface area contributed by atoms with E-state index in [0.29, 0.717) is 22.0 Å². The molecule has 0 aliphatic carbocycles. The van der Waals surface area contributed by atoms with Crippen LogP contribution in [0.4, 0.5) is 0 Å². The molecule has 0 aliphatic rings. The molecule has 0 saturated heterocycles. The second-order valence-electron chi connectivity index (χ2n) is 8.49. The number of aromatic amines is 1. The van der Waals surface area contributed by atoms with Crippen LogP contribution in [0.2, 0.25) is 10.0 Å². The van der Waals surface area contributed by atoms with Crippen molar-refractivity contribution in [3.63, 3.8) is 0 Å². The van der Waals surface area contributed by atoms with Crippen LogP contribution >= 0.6 is 23.2 Å². The SMILES string of the molecule is O=C(N[C@@H](Cc1ccccc1)c1ccccc1)c1ccc(-c2cc(-c3ccc(Cl)cc3Cl)[nH]n2)cc1. The lowest BCUT2D eigenvalue weighted by atomic mass is 9.98. The predicted molar refractivity (Wildman–Crippen MR) is 146 cm³/mol. The second kappa shape index (κ2) is 10.8. The molecule has 178 valence electrons. The van der Waals surface area contributed by atoms with Crippen LogP contribution in [0.25, 0.3) is 22.5 Å². The van der Waals surface area contributed by atoms with E-state index in [1.165, 1.54) is 0 Å². The number of benzene rings is 4. The number of nitrogens with zero attached hydrogens (tertiary/aromatic N) is 1. The highest BCUT2D eigenvalue weighted by atomic mass is 35.5. The van der Waals surface area contributed by atoms with E-state index in [2.05, 4.69) is 27.6 Å². The standard InChI is InChI=1S/C30H23Cl2N3O/c31-24-15-16-25(26(32)18-24)29-19-28(34-35-29)22-11-13-23(14-12-22)30(36)33-27(21-9-5-2-6-10-21)17-20-7-3-1-4-8-20/h1-16,18-19,27H,17H2,(H,33,36)(H,34,35)/t27-/m0/s1. The van der Waals surface area contributed by atoms with Crippen molar-refractivity contribution >= 4 is 29.1 Å². The lowest BCUT2D eigenvalue weighted by Gasteiger charge is -2.20. The number of hydrogen-bond donors (Lipinski definition) is 2. The van der Waals surface area contributed by atoms with Gasteiger partial charge in [-0.1, -0.05) is 96.0 Å². The maximum atomic E-state index is 13.2. The third-order valence-electron chi connectivity index (χ3n) is 6.03. The van der Waals surface area contributed by atoms with E-state index < -0.39 is 0 Å². The molecule has 0 unspecified atom stereocenters. The average molecular weight is 512 g/mol. The summed E-state index contributed by atoms with van der Waals surface area (Å²) < 4.78 is 0. The van der Waals surface area contributed by atoms with E-state index in [9.17, 15) is 4.79 Å². The topological polar surface area (TPSA) is 57.8 Å². The molecule has 2 N–H and O–H groups in total. The maximum absolute atomic E-state index is 13.2. The van der Waals surface area contributed by atoms with Gasteiger partial charge in [-0.05, 0) is 53.9 Å². The Morgan fingerprint density at radius 2 is 1.53 bits per heavy atom. The maximum Gasteiger partial charge on any atom is 0.251 e. The molecule has 5 aromatic rings. The van der Waals surface area contributed by atoms with E-state index >= 15 is 0 Å². The summed E-state index contributed by atoms with van der Waals surface area (Å²) in [6.07, 6.45) is 0.706. The van der Waals surface area contributed by atoms with E-state index in [4.69, 9.17) is 23.2 Å². The third-order valence-corrected chi connectivity index (χ3v) is 6.58. The van der Waals surface area contributed by atoms with Crippen LogP contribution in [-0.4, -0.2) is 16.1 Å². The van der Waals surface area contributed by atoms with Crippen LogP contribution < -0.4 is 5.32 Å². The molecule has 1 atom stereocenters. The van der Waals surface area contributed by atoms with Gasteiger partial charge in [0.25, 0.3) is 5.91 Å². The highest BCUT2D eigenvalue weighted by molar-refractivity contribution is 6.36. The van der Waals surface area contributed by atoms with Crippen LogP contribution in [0.3, 0.4) is 0 Å². The van der Waals surface area contributed by atoms with Gasteiger partial charge in [0, 0.05) is 21.7 Å². The number of carbonyl (C=O) groups excluding carboxylic acids is 1.